The van der Waals surface area contributed by atoms with Crippen LogP contribution in [0.2, 0.25) is 5.02 Å². The van der Waals surface area contributed by atoms with Crippen LogP contribution in [0.4, 0.5) is 5.69 Å². The normalized spacial score (nSPS) is 10.9. The fourth-order valence-corrected chi connectivity index (χ4v) is 5.70. The summed E-state index contributed by atoms with van der Waals surface area (Å²) in [7, 11) is 0. The monoisotopic (exact) mass is 667 g/mol. The van der Waals surface area contributed by atoms with Crippen LogP contribution in [0.25, 0.3) is 5.52 Å². The summed E-state index contributed by atoms with van der Waals surface area (Å²) in [6.07, 6.45) is 22.0. The van der Waals surface area contributed by atoms with E-state index in [2.05, 4.69) is 39.8 Å². The Bertz CT molecular complexity index is 1360. The van der Waals surface area contributed by atoms with Crippen LogP contribution in [0.15, 0.2) is 79.4 Å². The quantitative estimate of drug-likeness (QED) is 0.0957. The molecule has 0 aliphatic rings. The summed E-state index contributed by atoms with van der Waals surface area (Å²) in [6, 6.07) is 19.7. The molecule has 0 fully saturated rings. The van der Waals surface area contributed by atoms with Crippen molar-refractivity contribution in [3.63, 3.8) is 0 Å². The lowest BCUT2D eigenvalue weighted by Crippen LogP contribution is -3.00. The summed E-state index contributed by atoms with van der Waals surface area (Å²) in [5.74, 6) is 0.536. The van der Waals surface area contributed by atoms with Crippen LogP contribution < -0.4 is 31.4 Å². The maximum Gasteiger partial charge on any atom is 0.249 e. The highest BCUT2D eigenvalue weighted by molar-refractivity contribution is 6.32. The molecule has 2 heterocycles. The summed E-state index contributed by atoms with van der Waals surface area (Å²) in [5, 5.41) is 3.67. The van der Waals surface area contributed by atoms with Gasteiger partial charge in [-0.3, -0.25) is 4.79 Å². The third kappa shape index (κ3) is 11.6. The number of rotatable bonds is 19. The van der Waals surface area contributed by atoms with E-state index in [1.54, 1.807) is 0 Å². The molecule has 4 aromatic rings. The number of fused-ring (bicyclic) bond motifs is 1. The van der Waals surface area contributed by atoms with E-state index in [0.29, 0.717) is 23.9 Å². The molecule has 0 saturated carbocycles. The predicted molar refractivity (Wildman–Crippen MR) is 173 cm³/mol. The summed E-state index contributed by atoms with van der Waals surface area (Å²) < 4.78 is 10.3. The third-order valence-electron chi connectivity index (χ3n) is 7.78. The van der Waals surface area contributed by atoms with E-state index >= 15 is 0 Å². The number of amides is 1. The number of anilines is 1. The first-order valence-corrected chi connectivity index (χ1v) is 16.3. The number of halogens is 2. The molecular weight excluding hydrogens is 622 g/mol. The fourth-order valence-electron chi connectivity index (χ4n) is 5.45. The molecule has 0 atom stereocenters. The fraction of sp³-hybridized carbons (Fsp3) is 0.444. The van der Waals surface area contributed by atoms with E-state index in [-0.39, 0.29) is 29.3 Å². The molecule has 0 bridgehead atoms. The number of carbonyl (C=O) groups is 1. The first-order chi connectivity index (χ1) is 20.6. The van der Waals surface area contributed by atoms with E-state index in [4.69, 9.17) is 16.3 Å². The molecule has 232 valence electrons. The van der Waals surface area contributed by atoms with Gasteiger partial charge in [0.1, 0.15) is 18.5 Å². The second-order valence-corrected chi connectivity index (χ2v) is 11.7. The highest BCUT2D eigenvalue weighted by Crippen LogP contribution is 2.30. The first-order valence-electron chi connectivity index (χ1n) is 15.9. The number of ether oxygens (including phenoxy) is 1. The highest BCUT2D eigenvalue weighted by Gasteiger charge is 2.15. The van der Waals surface area contributed by atoms with Crippen molar-refractivity contribution in [3.8, 4) is 5.75 Å². The van der Waals surface area contributed by atoms with Crippen molar-refractivity contribution in [3.05, 3.63) is 95.5 Å². The van der Waals surface area contributed by atoms with Gasteiger partial charge in [-0.15, -0.1) is 0 Å². The molecule has 0 aliphatic carbocycles. The van der Waals surface area contributed by atoms with Gasteiger partial charge < -0.3 is 27.0 Å². The largest absolute Gasteiger partial charge is 1.00 e. The number of para-hydroxylation sites is 2. The van der Waals surface area contributed by atoms with Crippen LogP contribution in [0.3, 0.4) is 0 Å². The lowest BCUT2D eigenvalue weighted by Gasteiger charge is -2.14. The first kappa shape index (κ1) is 34.7. The van der Waals surface area contributed by atoms with Crippen LogP contribution in [0.1, 0.15) is 95.1 Å². The summed E-state index contributed by atoms with van der Waals surface area (Å²) >= 11 is 6.51. The minimum atomic E-state index is -0.0908. The number of unbranched alkanes of at least 4 members (excludes halogenated alkanes) is 11. The van der Waals surface area contributed by atoms with Gasteiger partial charge in [0.25, 0.3) is 0 Å². The maximum atomic E-state index is 13.2. The van der Waals surface area contributed by atoms with Crippen LogP contribution in [-0.4, -0.2) is 17.1 Å². The number of hydrogen-bond donors (Lipinski definition) is 1. The van der Waals surface area contributed by atoms with E-state index in [1.807, 2.05) is 60.8 Å². The Morgan fingerprint density at radius 2 is 1.47 bits per heavy atom. The second-order valence-electron chi connectivity index (χ2n) is 11.3. The minimum absolute atomic E-state index is 0. The van der Waals surface area contributed by atoms with Crippen molar-refractivity contribution in [1.29, 1.82) is 0 Å². The topological polar surface area (TPSA) is 47.4 Å². The lowest BCUT2D eigenvalue weighted by atomic mass is 10.1. The number of pyridine rings is 1. The van der Waals surface area contributed by atoms with E-state index < -0.39 is 0 Å². The van der Waals surface area contributed by atoms with Gasteiger partial charge in [0.15, 0.2) is 5.52 Å². The van der Waals surface area contributed by atoms with Crippen LogP contribution in [0, 0.1) is 0 Å². The second kappa shape index (κ2) is 19.4. The number of aromatic nitrogens is 2. The van der Waals surface area contributed by atoms with Crippen LogP contribution in [-0.2, 0) is 17.8 Å². The molecule has 1 amide bonds. The SMILES string of the molecule is CCCCCCCCCCCCCCOc1c(Cl)cccc1CC(=O)Nc1ccccc1Cn1cc2cccc[n+]2c1.[Br-]. The van der Waals surface area contributed by atoms with Gasteiger partial charge in [-0.05, 0) is 30.7 Å². The third-order valence-corrected chi connectivity index (χ3v) is 8.08. The number of imidazole rings is 1. The zero-order valence-corrected chi connectivity index (χ0v) is 27.9. The molecule has 0 radical (unpaired) electrons. The Morgan fingerprint density at radius 1 is 0.814 bits per heavy atom. The van der Waals surface area contributed by atoms with Crippen molar-refractivity contribution in [2.24, 2.45) is 0 Å². The van der Waals surface area contributed by atoms with E-state index in [9.17, 15) is 4.79 Å². The zero-order chi connectivity index (χ0) is 29.4. The summed E-state index contributed by atoms with van der Waals surface area (Å²) in [5.41, 5.74) is 3.79. The molecule has 0 spiro atoms. The number of carbonyl (C=O) groups excluding carboxylic acids is 1. The molecule has 43 heavy (non-hydrogen) atoms. The van der Waals surface area contributed by atoms with Gasteiger partial charge in [-0.1, -0.05) is 126 Å². The molecule has 7 heteroatoms. The summed E-state index contributed by atoms with van der Waals surface area (Å²) in [6.45, 7) is 3.54. The van der Waals surface area contributed by atoms with Crippen molar-refractivity contribution in [2.75, 3.05) is 11.9 Å². The van der Waals surface area contributed by atoms with E-state index in [1.165, 1.54) is 64.2 Å². The maximum absolute atomic E-state index is 13.2. The average molecular weight is 669 g/mol. The van der Waals surface area contributed by atoms with Crippen LogP contribution >= 0.6 is 11.6 Å². The Hall–Kier alpha value is -2.83. The number of hydrogen-bond acceptors (Lipinski definition) is 2. The predicted octanol–water partition coefficient (Wildman–Crippen LogP) is 6.19. The van der Waals surface area contributed by atoms with Crippen molar-refractivity contribution >= 4 is 28.7 Å². The Balaban J connectivity index is 0.00000506. The van der Waals surface area contributed by atoms with Crippen molar-refractivity contribution in [2.45, 2.75) is 96.9 Å². The van der Waals surface area contributed by atoms with Gasteiger partial charge in [0, 0.05) is 16.8 Å². The average Bonchev–Trinajstić information content (AvgIpc) is 3.40. The number of nitrogens with one attached hydrogen (secondary N) is 1. The van der Waals surface area contributed by atoms with Crippen LogP contribution in [0.5, 0.6) is 5.75 Å². The molecule has 0 aliphatic heterocycles. The smallest absolute Gasteiger partial charge is 0.249 e. The highest BCUT2D eigenvalue weighted by atomic mass is 79.9. The standard InChI is InChI=1S/C36H46ClN3O2.BrH/c1-2-3-4-5-6-7-8-9-10-11-12-17-25-42-36-30(20-18-22-33(36)37)26-35(41)38-34-23-14-13-19-31(34)27-39-28-32-21-15-16-24-40(32)29-39;/h13-16,18-24,28-29H,2-12,17,25-27H2,1H3;1H. The minimum Gasteiger partial charge on any atom is -1.00 e. The molecular formula is C36H47BrClN3O2. The number of nitrogens with zero attached hydrogens (tertiary/aromatic N) is 2. The molecule has 1 N–H and O–H groups in total. The Morgan fingerprint density at radius 3 is 2.19 bits per heavy atom. The van der Waals surface area contributed by atoms with Gasteiger partial charge in [0.2, 0.25) is 12.2 Å². The number of benzene rings is 2. The summed E-state index contributed by atoms with van der Waals surface area (Å²) in [4.78, 5) is 13.2. The van der Waals surface area contributed by atoms with Gasteiger partial charge in [-0.25, -0.2) is 8.97 Å². The molecule has 2 aromatic carbocycles. The molecule has 4 rings (SSSR count). The Labute approximate surface area is 273 Å². The van der Waals surface area contributed by atoms with Crippen molar-refractivity contribution in [1.82, 2.24) is 4.57 Å². The van der Waals surface area contributed by atoms with E-state index in [0.717, 1.165) is 35.2 Å². The van der Waals surface area contributed by atoms with Gasteiger partial charge >= 0.3 is 0 Å². The van der Waals surface area contributed by atoms with Crippen molar-refractivity contribution < 1.29 is 30.9 Å². The molecule has 5 nitrogen and oxygen atoms in total. The lowest BCUT2D eigenvalue weighted by molar-refractivity contribution is -0.512. The van der Waals surface area contributed by atoms with Gasteiger partial charge in [-0.2, -0.15) is 0 Å². The molecule has 0 unspecified atom stereocenters. The Kier molecular flexibility index (Phi) is 15.7. The zero-order valence-electron chi connectivity index (χ0n) is 25.6. The molecule has 2 aromatic heterocycles. The van der Waals surface area contributed by atoms with Gasteiger partial charge in [0.05, 0.1) is 24.2 Å². The molecule has 0 saturated heterocycles.